The molecule has 0 aliphatic carbocycles. The summed E-state index contributed by atoms with van der Waals surface area (Å²) in [6, 6.07) is 14.3. The number of hydrogen-bond donors (Lipinski definition) is 1. The number of carbonyl (C=O) groups excluding carboxylic acids is 1. The number of carbonyl (C=O) groups is 1. The number of hydrogen-bond acceptors (Lipinski definition) is 5. The average Bonchev–Trinajstić information content (AvgIpc) is 3.29. The molecular weight excluding hydrogens is 412 g/mol. The van der Waals surface area contributed by atoms with Crippen LogP contribution in [0.1, 0.15) is 34.3 Å². The molecule has 4 rings (SSSR count). The fraction of sp³-hybridized carbons (Fsp3) is 0.458. The van der Waals surface area contributed by atoms with Crippen molar-refractivity contribution in [2.75, 3.05) is 42.3 Å². The minimum atomic E-state index is -0.0416. The number of rotatable bonds is 7. The van der Waals surface area contributed by atoms with Gasteiger partial charge in [-0.1, -0.05) is 24.3 Å². The molecule has 6 heteroatoms. The van der Waals surface area contributed by atoms with Crippen molar-refractivity contribution in [3.8, 4) is 0 Å². The van der Waals surface area contributed by atoms with E-state index in [4.69, 9.17) is 4.74 Å². The van der Waals surface area contributed by atoms with Crippen LogP contribution >= 0.6 is 23.5 Å². The standard InChI is InChI=1S/C24H30N2O2S2/c1-18-8-9-19(16-26-10-13-29-14-11-26)15-22(18)25-24(27)21-6-2-3-7-23(21)30-17-20-5-4-12-28-20/h2-3,6-9,15,20H,4-5,10-14,16-17H2,1H3,(H,25,27). The number of benzene rings is 2. The van der Waals surface area contributed by atoms with Crippen LogP contribution in [-0.2, 0) is 11.3 Å². The van der Waals surface area contributed by atoms with E-state index in [0.29, 0.717) is 6.10 Å². The molecule has 4 nitrogen and oxygen atoms in total. The summed E-state index contributed by atoms with van der Waals surface area (Å²) in [5, 5.41) is 3.17. The lowest BCUT2D eigenvalue weighted by molar-refractivity contribution is 0.102. The molecule has 2 aliphatic heterocycles. The summed E-state index contributed by atoms with van der Waals surface area (Å²) < 4.78 is 5.74. The Morgan fingerprint density at radius 3 is 2.87 bits per heavy atom. The van der Waals surface area contributed by atoms with Gasteiger partial charge in [0.2, 0.25) is 0 Å². The number of nitrogens with zero attached hydrogens (tertiary/aromatic N) is 1. The lowest BCUT2D eigenvalue weighted by Crippen LogP contribution is -2.32. The first kappa shape index (κ1) is 21.8. The molecule has 2 heterocycles. The van der Waals surface area contributed by atoms with Crippen molar-refractivity contribution in [3.05, 3.63) is 59.2 Å². The summed E-state index contributed by atoms with van der Waals surface area (Å²) in [6.07, 6.45) is 2.56. The predicted octanol–water partition coefficient (Wildman–Crippen LogP) is 5.07. The smallest absolute Gasteiger partial charge is 0.256 e. The molecule has 2 fully saturated rings. The first-order valence-electron chi connectivity index (χ1n) is 10.7. The van der Waals surface area contributed by atoms with Gasteiger partial charge in [-0.3, -0.25) is 9.69 Å². The Labute approximate surface area is 188 Å². The van der Waals surface area contributed by atoms with Crippen molar-refractivity contribution < 1.29 is 9.53 Å². The van der Waals surface area contributed by atoms with Gasteiger partial charge in [0.1, 0.15) is 0 Å². The van der Waals surface area contributed by atoms with Crippen molar-refractivity contribution in [2.45, 2.75) is 37.3 Å². The lowest BCUT2D eigenvalue weighted by atomic mass is 10.1. The first-order chi connectivity index (χ1) is 14.7. The molecule has 1 amide bonds. The topological polar surface area (TPSA) is 41.6 Å². The van der Waals surface area contributed by atoms with E-state index in [1.54, 1.807) is 11.8 Å². The molecule has 2 aromatic carbocycles. The monoisotopic (exact) mass is 442 g/mol. The average molecular weight is 443 g/mol. The second kappa shape index (κ2) is 10.7. The normalized spacial score (nSPS) is 19.7. The van der Waals surface area contributed by atoms with Gasteiger partial charge in [-0.05, 0) is 49.1 Å². The maximum atomic E-state index is 13.1. The molecule has 2 aromatic rings. The zero-order valence-corrected chi connectivity index (χ0v) is 19.2. The van der Waals surface area contributed by atoms with Crippen LogP contribution in [0.5, 0.6) is 0 Å². The summed E-state index contributed by atoms with van der Waals surface area (Å²) in [4.78, 5) is 16.6. The van der Waals surface area contributed by atoms with E-state index in [0.717, 1.165) is 66.5 Å². The molecule has 0 bridgehead atoms. The van der Waals surface area contributed by atoms with Gasteiger partial charge in [-0.2, -0.15) is 11.8 Å². The number of ether oxygens (including phenoxy) is 1. The van der Waals surface area contributed by atoms with Gasteiger partial charge in [-0.15, -0.1) is 11.8 Å². The Hall–Kier alpha value is -1.47. The van der Waals surface area contributed by atoms with Crippen molar-refractivity contribution in [3.63, 3.8) is 0 Å². The molecule has 0 spiro atoms. The molecule has 2 saturated heterocycles. The van der Waals surface area contributed by atoms with Crippen molar-refractivity contribution in [1.29, 1.82) is 0 Å². The number of aryl methyl sites for hydroxylation is 1. The summed E-state index contributed by atoms with van der Waals surface area (Å²) >= 11 is 3.74. The number of anilines is 1. The SMILES string of the molecule is Cc1ccc(CN2CCSCC2)cc1NC(=O)c1ccccc1SCC1CCCO1. The number of amides is 1. The molecule has 160 valence electrons. The Morgan fingerprint density at radius 2 is 2.07 bits per heavy atom. The molecule has 0 saturated carbocycles. The minimum absolute atomic E-state index is 0.0416. The van der Waals surface area contributed by atoms with Crippen LogP contribution in [0.15, 0.2) is 47.4 Å². The van der Waals surface area contributed by atoms with Crippen LogP contribution in [0.25, 0.3) is 0 Å². The Kier molecular flexibility index (Phi) is 7.77. The summed E-state index contributed by atoms with van der Waals surface area (Å²) in [7, 11) is 0. The first-order valence-corrected chi connectivity index (χ1v) is 12.9. The maximum absolute atomic E-state index is 13.1. The van der Waals surface area contributed by atoms with E-state index in [-0.39, 0.29) is 5.91 Å². The fourth-order valence-corrected chi connectivity index (χ4v) is 5.95. The van der Waals surface area contributed by atoms with Gasteiger partial charge in [0.15, 0.2) is 0 Å². The van der Waals surface area contributed by atoms with Gasteiger partial charge < -0.3 is 10.1 Å². The summed E-state index contributed by atoms with van der Waals surface area (Å²) in [5.41, 5.74) is 3.98. The van der Waals surface area contributed by atoms with Gasteiger partial charge in [0.05, 0.1) is 11.7 Å². The van der Waals surface area contributed by atoms with Crippen molar-refractivity contribution in [2.24, 2.45) is 0 Å². The van der Waals surface area contributed by atoms with Gasteiger partial charge in [0.25, 0.3) is 5.91 Å². The number of thioether (sulfide) groups is 2. The van der Waals surface area contributed by atoms with E-state index < -0.39 is 0 Å². The second-order valence-corrected chi connectivity index (χ2v) is 10.2. The summed E-state index contributed by atoms with van der Waals surface area (Å²) in [5.74, 6) is 3.26. The number of nitrogens with one attached hydrogen (secondary N) is 1. The minimum Gasteiger partial charge on any atom is -0.377 e. The van der Waals surface area contributed by atoms with Gasteiger partial charge in [0, 0.05) is 54.1 Å². The molecule has 0 radical (unpaired) electrons. The molecule has 1 unspecified atom stereocenters. The van der Waals surface area contributed by atoms with Crippen molar-refractivity contribution >= 4 is 35.1 Å². The third-order valence-electron chi connectivity index (χ3n) is 5.64. The molecule has 0 aromatic heterocycles. The molecule has 30 heavy (non-hydrogen) atoms. The Balaban J connectivity index is 1.43. The highest BCUT2D eigenvalue weighted by molar-refractivity contribution is 7.99. The zero-order valence-electron chi connectivity index (χ0n) is 17.6. The molecule has 2 aliphatic rings. The zero-order chi connectivity index (χ0) is 20.8. The van der Waals surface area contributed by atoms with Gasteiger partial charge in [-0.25, -0.2) is 0 Å². The van der Waals surface area contributed by atoms with E-state index >= 15 is 0 Å². The largest absolute Gasteiger partial charge is 0.377 e. The predicted molar refractivity (Wildman–Crippen MR) is 128 cm³/mol. The highest BCUT2D eigenvalue weighted by atomic mass is 32.2. The van der Waals surface area contributed by atoms with Crippen LogP contribution in [-0.4, -0.2) is 53.9 Å². The third kappa shape index (κ3) is 5.82. The maximum Gasteiger partial charge on any atom is 0.256 e. The summed E-state index contributed by atoms with van der Waals surface area (Å²) in [6.45, 7) is 6.12. The molecule has 1 atom stereocenters. The molecular formula is C24H30N2O2S2. The van der Waals surface area contributed by atoms with Crippen LogP contribution in [0.2, 0.25) is 0 Å². The van der Waals surface area contributed by atoms with Crippen LogP contribution in [0, 0.1) is 6.92 Å². The van der Waals surface area contributed by atoms with Crippen LogP contribution < -0.4 is 5.32 Å². The highest BCUT2D eigenvalue weighted by Crippen LogP contribution is 2.28. The van der Waals surface area contributed by atoms with Gasteiger partial charge >= 0.3 is 0 Å². The Morgan fingerprint density at radius 1 is 1.23 bits per heavy atom. The van der Waals surface area contributed by atoms with E-state index in [1.807, 2.05) is 36.0 Å². The highest BCUT2D eigenvalue weighted by Gasteiger charge is 2.18. The van der Waals surface area contributed by atoms with Crippen LogP contribution in [0.3, 0.4) is 0 Å². The van der Waals surface area contributed by atoms with E-state index in [2.05, 4.69) is 35.3 Å². The van der Waals surface area contributed by atoms with Crippen LogP contribution in [0.4, 0.5) is 5.69 Å². The van der Waals surface area contributed by atoms with E-state index in [9.17, 15) is 4.79 Å². The fourth-order valence-electron chi connectivity index (χ4n) is 3.85. The van der Waals surface area contributed by atoms with E-state index in [1.165, 1.54) is 17.1 Å². The quantitative estimate of drug-likeness (QED) is 0.607. The lowest BCUT2D eigenvalue weighted by Gasteiger charge is -2.26. The second-order valence-electron chi connectivity index (χ2n) is 7.93. The molecule has 1 N–H and O–H groups in total. The van der Waals surface area contributed by atoms with Crippen molar-refractivity contribution in [1.82, 2.24) is 4.90 Å². The Bertz CT molecular complexity index is 862. The third-order valence-corrected chi connectivity index (χ3v) is 7.79.